The molecule has 1 aliphatic carbocycles. The second-order valence-electron chi connectivity index (χ2n) is 7.42. The molecule has 1 heterocycles. The van der Waals surface area contributed by atoms with Gasteiger partial charge in [-0.3, -0.25) is 4.90 Å². The number of hydrogen-bond donors (Lipinski definition) is 1. The normalized spacial score (nSPS) is 36.6. The molecule has 2 aliphatic rings. The molecule has 2 unspecified atom stereocenters. The van der Waals surface area contributed by atoms with E-state index in [9.17, 15) is 0 Å². The average Bonchev–Trinajstić information content (AvgIpc) is 2.38. The second-order valence-corrected chi connectivity index (χ2v) is 7.42. The molecule has 3 nitrogen and oxygen atoms in total. The van der Waals surface area contributed by atoms with Crippen molar-refractivity contribution in [3.63, 3.8) is 0 Å². The standard InChI is InChI=1S/C16H32N2O/c1-13(2)14-7-5-6-8-16(14,11-17)18-9-10-19-12-15(18,3)4/h13-14H,5-12,17H2,1-4H3. The Bertz CT molecular complexity index is 303. The fourth-order valence-electron chi connectivity index (χ4n) is 4.59. The Kier molecular flexibility index (Phi) is 4.59. The average molecular weight is 268 g/mol. The maximum Gasteiger partial charge on any atom is 0.0645 e. The molecule has 2 N–H and O–H groups in total. The Hall–Kier alpha value is -0.120. The summed E-state index contributed by atoms with van der Waals surface area (Å²) in [6, 6.07) is 0. The van der Waals surface area contributed by atoms with Gasteiger partial charge in [0.25, 0.3) is 0 Å². The van der Waals surface area contributed by atoms with Gasteiger partial charge in [-0.05, 0) is 38.5 Å². The van der Waals surface area contributed by atoms with E-state index in [1.54, 1.807) is 0 Å². The van der Waals surface area contributed by atoms with Gasteiger partial charge in [-0.2, -0.15) is 0 Å². The molecule has 19 heavy (non-hydrogen) atoms. The van der Waals surface area contributed by atoms with Crippen LogP contribution >= 0.6 is 0 Å². The summed E-state index contributed by atoms with van der Waals surface area (Å²) >= 11 is 0. The topological polar surface area (TPSA) is 38.5 Å². The smallest absolute Gasteiger partial charge is 0.0645 e. The summed E-state index contributed by atoms with van der Waals surface area (Å²) in [6.07, 6.45) is 5.29. The van der Waals surface area contributed by atoms with Gasteiger partial charge in [0.2, 0.25) is 0 Å². The fourth-order valence-corrected chi connectivity index (χ4v) is 4.59. The van der Waals surface area contributed by atoms with Crippen molar-refractivity contribution in [2.24, 2.45) is 17.6 Å². The maximum absolute atomic E-state index is 6.34. The van der Waals surface area contributed by atoms with Crippen molar-refractivity contribution in [2.75, 3.05) is 26.3 Å². The van der Waals surface area contributed by atoms with Crippen LogP contribution in [0.4, 0.5) is 0 Å². The lowest BCUT2D eigenvalue weighted by Gasteiger charge is -2.59. The predicted octanol–water partition coefficient (Wildman–Crippen LogP) is 2.64. The molecule has 0 aromatic carbocycles. The highest BCUT2D eigenvalue weighted by molar-refractivity contribution is 5.06. The van der Waals surface area contributed by atoms with E-state index in [0.29, 0.717) is 5.92 Å². The number of nitrogens with zero attached hydrogens (tertiary/aromatic N) is 1. The third-order valence-electron chi connectivity index (χ3n) is 5.41. The first-order chi connectivity index (χ1) is 8.94. The monoisotopic (exact) mass is 268 g/mol. The van der Waals surface area contributed by atoms with E-state index in [4.69, 9.17) is 10.5 Å². The molecule has 0 aromatic rings. The third-order valence-corrected chi connectivity index (χ3v) is 5.41. The van der Waals surface area contributed by atoms with Crippen LogP contribution in [0.25, 0.3) is 0 Å². The van der Waals surface area contributed by atoms with Gasteiger partial charge in [0, 0.05) is 24.2 Å². The molecule has 0 aromatic heterocycles. The minimum atomic E-state index is 0.113. The van der Waals surface area contributed by atoms with Crippen LogP contribution in [-0.4, -0.2) is 42.3 Å². The van der Waals surface area contributed by atoms with Crippen LogP contribution in [0.15, 0.2) is 0 Å². The molecular formula is C16H32N2O. The van der Waals surface area contributed by atoms with Gasteiger partial charge in [-0.25, -0.2) is 0 Å². The largest absolute Gasteiger partial charge is 0.378 e. The number of morpholine rings is 1. The molecule has 0 amide bonds. The predicted molar refractivity (Wildman–Crippen MR) is 80.2 cm³/mol. The lowest BCUT2D eigenvalue weighted by molar-refractivity contribution is -0.137. The van der Waals surface area contributed by atoms with E-state index in [1.165, 1.54) is 25.7 Å². The van der Waals surface area contributed by atoms with Crippen molar-refractivity contribution in [3.05, 3.63) is 0 Å². The summed E-state index contributed by atoms with van der Waals surface area (Å²) in [4.78, 5) is 2.70. The Morgan fingerprint density at radius 1 is 1.32 bits per heavy atom. The molecule has 112 valence electrons. The zero-order valence-corrected chi connectivity index (χ0v) is 13.2. The first-order valence-electron chi connectivity index (χ1n) is 7.99. The van der Waals surface area contributed by atoms with Gasteiger partial charge in [0.1, 0.15) is 0 Å². The first kappa shape index (κ1) is 15.3. The van der Waals surface area contributed by atoms with Crippen molar-refractivity contribution >= 4 is 0 Å². The molecule has 0 spiro atoms. The van der Waals surface area contributed by atoms with Crippen LogP contribution in [0.5, 0.6) is 0 Å². The van der Waals surface area contributed by atoms with Gasteiger partial charge in [0.05, 0.1) is 13.2 Å². The highest BCUT2D eigenvalue weighted by atomic mass is 16.5. The van der Waals surface area contributed by atoms with Gasteiger partial charge in [-0.15, -0.1) is 0 Å². The van der Waals surface area contributed by atoms with Crippen LogP contribution in [0.3, 0.4) is 0 Å². The highest BCUT2D eigenvalue weighted by Crippen LogP contribution is 2.45. The van der Waals surface area contributed by atoms with Crippen LogP contribution in [0.1, 0.15) is 53.4 Å². The lowest BCUT2D eigenvalue weighted by Crippen LogP contribution is -2.69. The quantitative estimate of drug-likeness (QED) is 0.855. The van der Waals surface area contributed by atoms with Gasteiger partial charge < -0.3 is 10.5 Å². The molecule has 0 radical (unpaired) electrons. The van der Waals surface area contributed by atoms with Crippen LogP contribution in [-0.2, 0) is 4.74 Å². The minimum Gasteiger partial charge on any atom is -0.378 e. The van der Waals surface area contributed by atoms with E-state index in [2.05, 4.69) is 32.6 Å². The van der Waals surface area contributed by atoms with Crippen molar-refractivity contribution < 1.29 is 4.74 Å². The molecule has 2 fully saturated rings. The molecule has 1 saturated heterocycles. The number of rotatable bonds is 3. The van der Waals surface area contributed by atoms with E-state index in [1.807, 2.05) is 0 Å². The number of nitrogens with two attached hydrogens (primary N) is 1. The van der Waals surface area contributed by atoms with Gasteiger partial charge in [-0.1, -0.05) is 26.7 Å². The van der Waals surface area contributed by atoms with Gasteiger partial charge >= 0.3 is 0 Å². The van der Waals surface area contributed by atoms with E-state index < -0.39 is 0 Å². The van der Waals surface area contributed by atoms with Crippen LogP contribution in [0.2, 0.25) is 0 Å². The summed E-state index contributed by atoms with van der Waals surface area (Å²) in [5.74, 6) is 1.44. The number of ether oxygens (including phenoxy) is 1. The summed E-state index contributed by atoms with van der Waals surface area (Å²) in [5, 5.41) is 0. The van der Waals surface area contributed by atoms with Crippen molar-refractivity contribution in [1.82, 2.24) is 4.90 Å². The van der Waals surface area contributed by atoms with Crippen molar-refractivity contribution in [3.8, 4) is 0 Å². The maximum atomic E-state index is 6.34. The zero-order valence-electron chi connectivity index (χ0n) is 13.2. The summed E-state index contributed by atoms with van der Waals surface area (Å²) in [7, 11) is 0. The second kappa shape index (κ2) is 5.71. The molecule has 2 atom stereocenters. The molecule has 0 bridgehead atoms. The van der Waals surface area contributed by atoms with Crippen molar-refractivity contribution in [2.45, 2.75) is 64.5 Å². The SMILES string of the molecule is CC(C)C1CCCCC1(CN)N1CCOCC1(C)C. The van der Waals surface area contributed by atoms with Gasteiger partial charge in [0.15, 0.2) is 0 Å². The lowest BCUT2D eigenvalue weighted by atomic mass is 9.65. The Morgan fingerprint density at radius 3 is 2.63 bits per heavy atom. The summed E-state index contributed by atoms with van der Waals surface area (Å²) < 4.78 is 5.71. The highest BCUT2D eigenvalue weighted by Gasteiger charge is 2.50. The van der Waals surface area contributed by atoms with E-state index in [-0.39, 0.29) is 11.1 Å². The third kappa shape index (κ3) is 2.70. The summed E-state index contributed by atoms with van der Waals surface area (Å²) in [5.41, 5.74) is 6.64. The molecular weight excluding hydrogens is 236 g/mol. The fraction of sp³-hybridized carbons (Fsp3) is 1.00. The Balaban J connectivity index is 2.33. The van der Waals surface area contributed by atoms with E-state index >= 15 is 0 Å². The molecule has 2 rings (SSSR count). The summed E-state index contributed by atoms with van der Waals surface area (Å²) in [6.45, 7) is 12.9. The van der Waals surface area contributed by atoms with Crippen molar-refractivity contribution in [1.29, 1.82) is 0 Å². The van der Waals surface area contributed by atoms with Crippen LogP contribution < -0.4 is 5.73 Å². The van der Waals surface area contributed by atoms with E-state index in [0.717, 1.165) is 32.2 Å². The minimum absolute atomic E-state index is 0.113. The molecule has 3 heteroatoms. The Labute approximate surface area is 118 Å². The zero-order chi connectivity index (χ0) is 14.1. The molecule has 1 aliphatic heterocycles. The Morgan fingerprint density at radius 2 is 2.05 bits per heavy atom. The number of hydrogen-bond acceptors (Lipinski definition) is 3. The molecule has 1 saturated carbocycles. The van der Waals surface area contributed by atoms with Crippen LogP contribution in [0, 0.1) is 11.8 Å². The first-order valence-corrected chi connectivity index (χ1v) is 7.99.